The van der Waals surface area contributed by atoms with Gasteiger partial charge in [0.2, 0.25) is 0 Å². The summed E-state index contributed by atoms with van der Waals surface area (Å²) in [6.45, 7) is 3.86. The molecule has 0 aromatic heterocycles. The molecule has 0 heterocycles. The first-order valence-electron chi connectivity index (χ1n) is 6.30. The van der Waals surface area contributed by atoms with Crippen molar-refractivity contribution in [3.63, 3.8) is 0 Å². The van der Waals surface area contributed by atoms with Crippen LogP contribution in [0.15, 0.2) is 42.5 Å². The molecule has 0 atom stereocenters. The van der Waals surface area contributed by atoms with Crippen molar-refractivity contribution >= 4 is 11.6 Å². The lowest BCUT2D eigenvalue weighted by Crippen LogP contribution is -2.11. The van der Waals surface area contributed by atoms with E-state index in [2.05, 4.69) is 12.2 Å². The number of aromatic hydroxyl groups is 1. The molecule has 98 valence electrons. The maximum atomic E-state index is 12.1. The van der Waals surface area contributed by atoms with Gasteiger partial charge in [0, 0.05) is 11.3 Å². The number of amides is 1. The van der Waals surface area contributed by atoms with Crippen LogP contribution in [0.3, 0.4) is 0 Å². The van der Waals surface area contributed by atoms with Gasteiger partial charge in [0.1, 0.15) is 5.75 Å². The summed E-state index contributed by atoms with van der Waals surface area (Å²) in [6.07, 6.45) is 0.926. The Morgan fingerprint density at radius 2 is 2.00 bits per heavy atom. The molecule has 0 saturated carbocycles. The first kappa shape index (κ1) is 13.1. The fourth-order valence-electron chi connectivity index (χ4n) is 1.82. The molecule has 0 unspecified atom stereocenters. The Kier molecular flexibility index (Phi) is 3.85. The smallest absolute Gasteiger partial charge is 0.255 e. The highest BCUT2D eigenvalue weighted by atomic mass is 16.3. The number of phenols is 1. The standard InChI is InChI=1S/C16H17NO2/c1-3-12-5-4-6-14(9-12)17-16(19)13-8-7-11(2)15(18)10-13/h4-10,18H,3H2,1-2H3,(H,17,19). The highest BCUT2D eigenvalue weighted by molar-refractivity contribution is 6.04. The molecule has 0 saturated heterocycles. The fourth-order valence-corrected chi connectivity index (χ4v) is 1.82. The van der Waals surface area contributed by atoms with Crippen LogP contribution in [0.25, 0.3) is 0 Å². The molecule has 0 fully saturated rings. The van der Waals surface area contributed by atoms with Gasteiger partial charge in [-0.2, -0.15) is 0 Å². The average molecular weight is 255 g/mol. The number of anilines is 1. The Hall–Kier alpha value is -2.29. The molecule has 2 aromatic carbocycles. The Morgan fingerprint density at radius 3 is 2.68 bits per heavy atom. The molecule has 2 rings (SSSR count). The van der Waals surface area contributed by atoms with Crippen molar-refractivity contribution in [3.8, 4) is 5.75 Å². The summed E-state index contributed by atoms with van der Waals surface area (Å²) in [5.41, 5.74) is 3.14. The van der Waals surface area contributed by atoms with Crippen molar-refractivity contribution in [2.24, 2.45) is 0 Å². The van der Waals surface area contributed by atoms with Gasteiger partial charge in [0.05, 0.1) is 0 Å². The van der Waals surface area contributed by atoms with Crippen LogP contribution in [0, 0.1) is 6.92 Å². The summed E-state index contributed by atoms with van der Waals surface area (Å²) in [6, 6.07) is 12.7. The Morgan fingerprint density at radius 1 is 1.21 bits per heavy atom. The Labute approximate surface area is 112 Å². The van der Waals surface area contributed by atoms with E-state index in [-0.39, 0.29) is 11.7 Å². The van der Waals surface area contributed by atoms with E-state index in [0.29, 0.717) is 5.56 Å². The van der Waals surface area contributed by atoms with E-state index in [1.54, 1.807) is 19.1 Å². The maximum absolute atomic E-state index is 12.1. The quantitative estimate of drug-likeness (QED) is 0.881. The molecular weight excluding hydrogens is 238 g/mol. The third kappa shape index (κ3) is 3.13. The van der Waals surface area contributed by atoms with E-state index >= 15 is 0 Å². The van der Waals surface area contributed by atoms with Gasteiger partial charge in [0.15, 0.2) is 0 Å². The zero-order chi connectivity index (χ0) is 13.8. The lowest BCUT2D eigenvalue weighted by molar-refractivity contribution is 0.102. The van der Waals surface area contributed by atoms with Crippen molar-refractivity contribution in [2.45, 2.75) is 20.3 Å². The number of hydrogen-bond acceptors (Lipinski definition) is 2. The van der Waals surface area contributed by atoms with Gasteiger partial charge in [-0.1, -0.05) is 25.1 Å². The molecule has 19 heavy (non-hydrogen) atoms. The van der Waals surface area contributed by atoms with Crippen molar-refractivity contribution in [1.82, 2.24) is 0 Å². The predicted octanol–water partition coefficient (Wildman–Crippen LogP) is 3.52. The lowest BCUT2D eigenvalue weighted by Gasteiger charge is -2.07. The summed E-state index contributed by atoms with van der Waals surface area (Å²) in [5.74, 6) is -0.0847. The number of carbonyl (C=O) groups is 1. The summed E-state index contributed by atoms with van der Waals surface area (Å²) in [4.78, 5) is 12.1. The molecule has 1 amide bonds. The van der Waals surface area contributed by atoms with E-state index in [9.17, 15) is 9.90 Å². The molecule has 0 aliphatic heterocycles. The van der Waals surface area contributed by atoms with Gasteiger partial charge in [-0.15, -0.1) is 0 Å². The maximum Gasteiger partial charge on any atom is 0.255 e. The highest BCUT2D eigenvalue weighted by Crippen LogP contribution is 2.19. The van der Waals surface area contributed by atoms with Crippen LogP contribution in [0.1, 0.15) is 28.4 Å². The highest BCUT2D eigenvalue weighted by Gasteiger charge is 2.08. The third-order valence-electron chi connectivity index (χ3n) is 3.06. The van der Waals surface area contributed by atoms with Crippen LogP contribution in [-0.4, -0.2) is 11.0 Å². The van der Waals surface area contributed by atoms with Crippen LogP contribution in [0.5, 0.6) is 5.75 Å². The second kappa shape index (κ2) is 5.57. The second-order valence-electron chi connectivity index (χ2n) is 4.51. The SMILES string of the molecule is CCc1cccc(NC(=O)c2ccc(C)c(O)c2)c1. The van der Waals surface area contributed by atoms with E-state index in [1.807, 2.05) is 24.3 Å². The van der Waals surface area contributed by atoms with Gasteiger partial charge in [0.25, 0.3) is 5.91 Å². The molecule has 2 N–H and O–H groups in total. The minimum Gasteiger partial charge on any atom is -0.508 e. The number of benzene rings is 2. The molecule has 0 radical (unpaired) electrons. The molecule has 0 aliphatic carbocycles. The number of carbonyl (C=O) groups excluding carboxylic acids is 1. The van der Waals surface area contributed by atoms with Crippen LogP contribution < -0.4 is 5.32 Å². The van der Waals surface area contributed by atoms with Gasteiger partial charge < -0.3 is 10.4 Å². The topological polar surface area (TPSA) is 49.3 Å². The Balaban J connectivity index is 2.18. The van der Waals surface area contributed by atoms with Gasteiger partial charge in [-0.25, -0.2) is 0 Å². The summed E-state index contributed by atoms with van der Waals surface area (Å²) < 4.78 is 0. The first-order valence-corrected chi connectivity index (χ1v) is 6.30. The molecule has 3 heteroatoms. The second-order valence-corrected chi connectivity index (χ2v) is 4.51. The van der Waals surface area contributed by atoms with Gasteiger partial charge in [-0.3, -0.25) is 4.79 Å². The molecule has 0 aliphatic rings. The largest absolute Gasteiger partial charge is 0.508 e. The number of phenolic OH excluding ortho intramolecular Hbond substituents is 1. The summed E-state index contributed by atoms with van der Waals surface area (Å²) in [7, 11) is 0. The van der Waals surface area contributed by atoms with Crippen molar-refractivity contribution in [3.05, 3.63) is 59.2 Å². The number of rotatable bonds is 3. The monoisotopic (exact) mass is 255 g/mol. The Bertz CT molecular complexity index is 605. The minimum absolute atomic E-state index is 0.134. The third-order valence-corrected chi connectivity index (χ3v) is 3.06. The van der Waals surface area contributed by atoms with E-state index < -0.39 is 0 Å². The van der Waals surface area contributed by atoms with E-state index in [1.165, 1.54) is 11.6 Å². The van der Waals surface area contributed by atoms with Crippen LogP contribution >= 0.6 is 0 Å². The summed E-state index contributed by atoms with van der Waals surface area (Å²) in [5, 5.41) is 12.4. The lowest BCUT2D eigenvalue weighted by atomic mass is 10.1. The van der Waals surface area contributed by atoms with E-state index in [0.717, 1.165) is 17.7 Å². The molecule has 0 spiro atoms. The van der Waals surface area contributed by atoms with Crippen molar-refractivity contribution < 1.29 is 9.90 Å². The predicted molar refractivity (Wildman–Crippen MR) is 76.6 cm³/mol. The molecule has 3 nitrogen and oxygen atoms in total. The van der Waals surface area contributed by atoms with Crippen LogP contribution in [0.2, 0.25) is 0 Å². The fraction of sp³-hybridized carbons (Fsp3) is 0.188. The number of aryl methyl sites for hydroxylation is 2. The van der Waals surface area contributed by atoms with Gasteiger partial charge in [-0.05, 0) is 48.7 Å². The zero-order valence-electron chi connectivity index (χ0n) is 11.1. The van der Waals surface area contributed by atoms with Crippen LogP contribution in [0.4, 0.5) is 5.69 Å². The average Bonchev–Trinajstić information content (AvgIpc) is 2.42. The minimum atomic E-state index is -0.219. The molecule has 0 bridgehead atoms. The first-order chi connectivity index (χ1) is 9.10. The molecule has 2 aromatic rings. The normalized spacial score (nSPS) is 10.2. The molecular formula is C16H17NO2. The van der Waals surface area contributed by atoms with E-state index in [4.69, 9.17) is 0 Å². The number of hydrogen-bond donors (Lipinski definition) is 2. The van der Waals surface area contributed by atoms with Gasteiger partial charge >= 0.3 is 0 Å². The van der Waals surface area contributed by atoms with Crippen molar-refractivity contribution in [1.29, 1.82) is 0 Å². The summed E-state index contributed by atoms with van der Waals surface area (Å²) >= 11 is 0. The number of nitrogens with one attached hydrogen (secondary N) is 1. The zero-order valence-corrected chi connectivity index (χ0v) is 11.1. The van der Waals surface area contributed by atoms with Crippen LogP contribution in [-0.2, 0) is 6.42 Å². The van der Waals surface area contributed by atoms with Crippen molar-refractivity contribution in [2.75, 3.05) is 5.32 Å².